The Kier molecular flexibility index (Phi) is 2.91. The van der Waals surface area contributed by atoms with E-state index < -0.39 is 0 Å². The maximum atomic E-state index is 5.90. The van der Waals surface area contributed by atoms with Crippen LogP contribution in [0.2, 0.25) is 5.02 Å². The molecule has 2 heteroatoms. The fourth-order valence-corrected chi connectivity index (χ4v) is 2.10. The second-order valence-electron chi connectivity index (χ2n) is 4.15. The van der Waals surface area contributed by atoms with E-state index in [1.807, 2.05) is 42.5 Å². The minimum Gasteiger partial charge on any atom is -0.323 e. The van der Waals surface area contributed by atoms with Crippen LogP contribution in [-0.4, -0.2) is 4.57 Å². The first-order valence-electron chi connectivity index (χ1n) is 5.82. The zero-order valence-electron chi connectivity index (χ0n) is 9.75. The predicted octanol–water partition coefficient (Wildman–Crippen LogP) is 4.80. The minimum absolute atomic E-state index is 0.765. The Balaban J connectivity index is 1.97. The van der Waals surface area contributed by atoms with Crippen LogP contribution in [0.15, 0.2) is 73.1 Å². The molecule has 0 aliphatic carbocycles. The third-order valence-electron chi connectivity index (χ3n) is 2.92. The van der Waals surface area contributed by atoms with E-state index in [2.05, 4.69) is 35.2 Å². The van der Waals surface area contributed by atoms with E-state index in [9.17, 15) is 0 Å². The fourth-order valence-electron chi connectivity index (χ4n) is 1.97. The third-order valence-corrected chi connectivity index (χ3v) is 3.18. The molecule has 0 N–H and O–H groups in total. The summed E-state index contributed by atoms with van der Waals surface area (Å²) in [6.07, 6.45) is 4.19. The molecule has 1 aromatic heterocycles. The molecule has 0 radical (unpaired) electrons. The highest BCUT2D eigenvalue weighted by atomic mass is 35.5. The normalized spacial score (nSPS) is 10.5. The quantitative estimate of drug-likeness (QED) is 0.618. The Morgan fingerprint density at radius 3 is 2.17 bits per heavy atom. The van der Waals surface area contributed by atoms with Crippen molar-refractivity contribution in [3.63, 3.8) is 0 Å². The van der Waals surface area contributed by atoms with E-state index in [-0.39, 0.29) is 0 Å². The van der Waals surface area contributed by atoms with Crippen LogP contribution in [0.5, 0.6) is 0 Å². The second kappa shape index (κ2) is 4.71. The predicted molar refractivity (Wildman–Crippen MR) is 76.2 cm³/mol. The Hall–Kier alpha value is -1.99. The van der Waals surface area contributed by atoms with Crippen LogP contribution in [0.1, 0.15) is 0 Å². The molecule has 3 rings (SSSR count). The van der Waals surface area contributed by atoms with Crippen LogP contribution in [0.25, 0.3) is 16.8 Å². The Bertz CT molecular complexity index is 638. The van der Waals surface area contributed by atoms with Crippen molar-refractivity contribution in [3.8, 4) is 16.8 Å². The van der Waals surface area contributed by atoms with Crippen LogP contribution >= 0.6 is 11.6 Å². The van der Waals surface area contributed by atoms with Gasteiger partial charge in [-0.05, 0) is 41.5 Å². The number of nitrogens with zero attached hydrogens (tertiary/aromatic N) is 1. The first-order chi connectivity index (χ1) is 8.83. The van der Waals surface area contributed by atoms with Gasteiger partial charge >= 0.3 is 0 Å². The molecule has 0 bridgehead atoms. The maximum absolute atomic E-state index is 5.90. The number of hydrogen-bond donors (Lipinski definition) is 0. The number of rotatable bonds is 2. The highest BCUT2D eigenvalue weighted by Gasteiger charge is 2.01. The molecule has 0 amide bonds. The summed E-state index contributed by atoms with van der Waals surface area (Å²) in [5, 5.41) is 0.765. The summed E-state index contributed by atoms with van der Waals surface area (Å²) >= 11 is 5.90. The SMILES string of the molecule is Clc1ccc(-c2ccn(-c3ccccc3)c2)cc1. The largest absolute Gasteiger partial charge is 0.323 e. The lowest BCUT2D eigenvalue weighted by atomic mass is 10.1. The van der Waals surface area contributed by atoms with Gasteiger partial charge < -0.3 is 4.57 Å². The standard InChI is InChI=1S/C16H12ClN/c17-15-8-6-13(7-9-15)14-10-11-18(12-14)16-4-2-1-3-5-16/h1-12H. The monoisotopic (exact) mass is 253 g/mol. The average Bonchev–Trinajstić information content (AvgIpc) is 2.90. The van der Waals surface area contributed by atoms with Crippen molar-refractivity contribution in [1.29, 1.82) is 0 Å². The summed E-state index contributed by atoms with van der Waals surface area (Å²) in [4.78, 5) is 0. The fraction of sp³-hybridized carbons (Fsp3) is 0. The Morgan fingerprint density at radius 2 is 1.44 bits per heavy atom. The van der Waals surface area contributed by atoms with Gasteiger partial charge in [0.15, 0.2) is 0 Å². The van der Waals surface area contributed by atoms with Gasteiger partial charge in [-0.15, -0.1) is 0 Å². The van der Waals surface area contributed by atoms with Crippen LogP contribution in [0, 0.1) is 0 Å². The molecule has 0 spiro atoms. The topological polar surface area (TPSA) is 4.93 Å². The van der Waals surface area contributed by atoms with E-state index in [0.29, 0.717) is 0 Å². The maximum Gasteiger partial charge on any atom is 0.0449 e. The lowest BCUT2D eigenvalue weighted by Gasteiger charge is -2.01. The van der Waals surface area contributed by atoms with Gasteiger partial charge in [-0.2, -0.15) is 0 Å². The van der Waals surface area contributed by atoms with Crippen LogP contribution in [-0.2, 0) is 0 Å². The highest BCUT2D eigenvalue weighted by Crippen LogP contribution is 2.23. The third kappa shape index (κ3) is 2.18. The van der Waals surface area contributed by atoms with Gasteiger partial charge in [0, 0.05) is 23.1 Å². The lowest BCUT2D eigenvalue weighted by Crippen LogP contribution is -1.87. The molecule has 0 unspecified atom stereocenters. The van der Waals surface area contributed by atoms with E-state index in [0.717, 1.165) is 10.7 Å². The van der Waals surface area contributed by atoms with Gasteiger partial charge in [-0.3, -0.25) is 0 Å². The summed E-state index contributed by atoms with van der Waals surface area (Å²) in [7, 11) is 0. The molecule has 1 heterocycles. The van der Waals surface area contributed by atoms with Gasteiger partial charge in [0.25, 0.3) is 0 Å². The van der Waals surface area contributed by atoms with Crippen LogP contribution < -0.4 is 0 Å². The molecule has 0 atom stereocenters. The molecule has 0 fully saturated rings. The Morgan fingerprint density at radius 1 is 0.722 bits per heavy atom. The molecule has 0 saturated carbocycles. The minimum atomic E-state index is 0.765. The summed E-state index contributed by atoms with van der Waals surface area (Å²) in [6, 6.07) is 20.3. The van der Waals surface area contributed by atoms with Crippen molar-refractivity contribution in [2.24, 2.45) is 0 Å². The zero-order chi connectivity index (χ0) is 12.4. The molecular formula is C16H12ClN. The lowest BCUT2D eigenvalue weighted by molar-refractivity contribution is 1.08. The molecule has 0 aliphatic rings. The zero-order valence-corrected chi connectivity index (χ0v) is 10.5. The number of aromatic nitrogens is 1. The smallest absolute Gasteiger partial charge is 0.0449 e. The van der Waals surface area contributed by atoms with Gasteiger partial charge in [0.05, 0.1) is 0 Å². The summed E-state index contributed by atoms with van der Waals surface area (Å²) in [5.41, 5.74) is 3.53. The van der Waals surface area contributed by atoms with Gasteiger partial charge in [-0.1, -0.05) is 41.9 Å². The highest BCUT2D eigenvalue weighted by molar-refractivity contribution is 6.30. The first-order valence-corrected chi connectivity index (χ1v) is 6.20. The van der Waals surface area contributed by atoms with E-state index in [1.165, 1.54) is 11.1 Å². The number of para-hydroxylation sites is 1. The molecule has 0 saturated heterocycles. The molecule has 88 valence electrons. The average molecular weight is 254 g/mol. The van der Waals surface area contributed by atoms with Gasteiger partial charge in [0.1, 0.15) is 0 Å². The molecule has 0 aliphatic heterocycles. The van der Waals surface area contributed by atoms with Crippen molar-refractivity contribution < 1.29 is 0 Å². The van der Waals surface area contributed by atoms with Crippen molar-refractivity contribution in [1.82, 2.24) is 4.57 Å². The van der Waals surface area contributed by atoms with Crippen LogP contribution in [0.4, 0.5) is 0 Å². The molecule has 18 heavy (non-hydrogen) atoms. The first kappa shape index (κ1) is 11.1. The summed E-state index contributed by atoms with van der Waals surface area (Å²) in [6.45, 7) is 0. The van der Waals surface area contributed by atoms with Crippen molar-refractivity contribution in [2.45, 2.75) is 0 Å². The van der Waals surface area contributed by atoms with Gasteiger partial charge in [-0.25, -0.2) is 0 Å². The van der Waals surface area contributed by atoms with Gasteiger partial charge in [0.2, 0.25) is 0 Å². The van der Waals surface area contributed by atoms with Crippen LogP contribution in [0.3, 0.4) is 0 Å². The summed E-state index contributed by atoms with van der Waals surface area (Å²) in [5.74, 6) is 0. The molecular weight excluding hydrogens is 242 g/mol. The van der Waals surface area contributed by atoms with Crippen molar-refractivity contribution >= 4 is 11.6 Å². The van der Waals surface area contributed by atoms with Crippen molar-refractivity contribution in [3.05, 3.63) is 78.1 Å². The van der Waals surface area contributed by atoms with E-state index in [1.54, 1.807) is 0 Å². The van der Waals surface area contributed by atoms with E-state index in [4.69, 9.17) is 11.6 Å². The Labute approximate surface area is 111 Å². The molecule has 2 aromatic carbocycles. The summed E-state index contributed by atoms with van der Waals surface area (Å²) < 4.78 is 2.12. The number of hydrogen-bond acceptors (Lipinski definition) is 0. The van der Waals surface area contributed by atoms with E-state index >= 15 is 0 Å². The molecule has 1 nitrogen and oxygen atoms in total. The second-order valence-corrected chi connectivity index (χ2v) is 4.59. The molecule has 3 aromatic rings. The number of halogens is 1. The number of benzene rings is 2. The van der Waals surface area contributed by atoms with Crippen molar-refractivity contribution in [2.75, 3.05) is 0 Å².